The molecule has 0 saturated carbocycles. The number of ether oxygens (including phenoxy) is 3. The summed E-state index contributed by atoms with van der Waals surface area (Å²) in [6, 6.07) is 11.1. The molecule has 1 aromatic carbocycles. The Hall–Kier alpha value is -4.05. The number of nitrogens with zero attached hydrogens (tertiary/aromatic N) is 5. The lowest BCUT2D eigenvalue weighted by Crippen LogP contribution is -2.49. The predicted molar refractivity (Wildman–Crippen MR) is 135 cm³/mol. The summed E-state index contributed by atoms with van der Waals surface area (Å²) in [5.74, 6) is 1.74. The van der Waals surface area contributed by atoms with Crippen LogP contribution in [0.2, 0.25) is 0 Å². The number of hydrogen-bond donors (Lipinski definition) is 0. The fraction of sp³-hybridized carbons (Fsp3) is 0.346. The van der Waals surface area contributed by atoms with Crippen LogP contribution in [0.15, 0.2) is 53.6 Å². The highest BCUT2D eigenvalue weighted by Crippen LogP contribution is 2.40. The molecule has 0 N–H and O–H groups in total. The molecular formula is C26H29N5O5. The van der Waals surface area contributed by atoms with Gasteiger partial charge in [-0.15, -0.1) is 0 Å². The number of benzene rings is 1. The van der Waals surface area contributed by atoms with Gasteiger partial charge in [-0.25, -0.2) is 4.98 Å². The first-order chi connectivity index (χ1) is 17.5. The molecule has 3 aromatic heterocycles. The summed E-state index contributed by atoms with van der Waals surface area (Å²) >= 11 is 0. The number of piperazine rings is 1. The van der Waals surface area contributed by atoms with Crippen molar-refractivity contribution in [3.63, 3.8) is 0 Å². The maximum absolute atomic E-state index is 13.2. The molecule has 1 aliphatic heterocycles. The van der Waals surface area contributed by atoms with Gasteiger partial charge in [0.1, 0.15) is 12.1 Å². The van der Waals surface area contributed by atoms with E-state index >= 15 is 0 Å². The normalized spacial score (nSPS) is 14.4. The van der Waals surface area contributed by atoms with E-state index in [4.69, 9.17) is 14.2 Å². The molecule has 5 rings (SSSR count). The van der Waals surface area contributed by atoms with E-state index in [2.05, 4.69) is 9.88 Å². The molecule has 0 spiro atoms. The molecule has 10 heteroatoms. The van der Waals surface area contributed by atoms with Crippen molar-refractivity contribution >= 4 is 22.6 Å². The van der Waals surface area contributed by atoms with Crippen LogP contribution in [0.3, 0.4) is 0 Å². The molecule has 0 radical (unpaired) electrons. The van der Waals surface area contributed by atoms with E-state index in [0.29, 0.717) is 61.1 Å². The maximum atomic E-state index is 13.2. The van der Waals surface area contributed by atoms with Crippen LogP contribution < -0.4 is 19.8 Å². The van der Waals surface area contributed by atoms with Gasteiger partial charge < -0.3 is 23.5 Å². The summed E-state index contributed by atoms with van der Waals surface area (Å²) in [6.45, 7) is 3.16. The minimum absolute atomic E-state index is 0.0441. The topological polar surface area (TPSA) is 90.5 Å². The van der Waals surface area contributed by atoms with E-state index in [1.54, 1.807) is 33.6 Å². The maximum Gasteiger partial charge on any atom is 0.276 e. The molecule has 10 nitrogen and oxygen atoms in total. The van der Waals surface area contributed by atoms with E-state index in [1.807, 2.05) is 45.8 Å². The zero-order valence-electron chi connectivity index (χ0n) is 20.6. The fourth-order valence-corrected chi connectivity index (χ4v) is 4.85. The van der Waals surface area contributed by atoms with Crippen molar-refractivity contribution in [3.05, 3.63) is 64.7 Å². The standard InChI is InChI=1S/C26H29N5O5/c1-34-21-9-8-18(23(35-2)24(21)36-3)16-28-12-14-29(15-13-28)22(32)17-31-25-19(6-4-10-27-25)30-11-5-7-20(30)26(31)33/h4-11H,12-17H2,1-3H3. The van der Waals surface area contributed by atoms with Gasteiger partial charge in [-0.3, -0.25) is 19.1 Å². The summed E-state index contributed by atoms with van der Waals surface area (Å²) in [5.41, 5.74) is 2.58. The number of rotatable bonds is 7. The van der Waals surface area contributed by atoms with Gasteiger partial charge in [-0.1, -0.05) is 6.07 Å². The third-order valence-electron chi connectivity index (χ3n) is 6.69. The van der Waals surface area contributed by atoms with Gasteiger partial charge in [0, 0.05) is 50.7 Å². The van der Waals surface area contributed by atoms with Crippen molar-refractivity contribution in [2.24, 2.45) is 0 Å². The molecule has 0 unspecified atom stereocenters. The predicted octanol–water partition coefficient (Wildman–Crippen LogP) is 2.02. The van der Waals surface area contributed by atoms with Crippen molar-refractivity contribution in [1.82, 2.24) is 23.8 Å². The van der Waals surface area contributed by atoms with Crippen LogP contribution >= 0.6 is 0 Å². The lowest BCUT2D eigenvalue weighted by Gasteiger charge is -2.35. The zero-order chi connectivity index (χ0) is 25.2. The van der Waals surface area contributed by atoms with Crippen molar-refractivity contribution < 1.29 is 19.0 Å². The molecular weight excluding hydrogens is 462 g/mol. The van der Waals surface area contributed by atoms with Gasteiger partial charge in [-0.2, -0.15) is 0 Å². The summed E-state index contributed by atoms with van der Waals surface area (Å²) in [6.07, 6.45) is 3.47. The molecule has 0 bridgehead atoms. The lowest BCUT2D eigenvalue weighted by atomic mass is 10.1. The number of carbonyl (C=O) groups excluding carboxylic acids is 1. The Balaban J connectivity index is 1.29. The molecule has 1 amide bonds. The van der Waals surface area contributed by atoms with E-state index < -0.39 is 0 Å². The first-order valence-electron chi connectivity index (χ1n) is 11.8. The van der Waals surface area contributed by atoms with Gasteiger partial charge >= 0.3 is 0 Å². The zero-order valence-corrected chi connectivity index (χ0v) is 20.6. The monoisotopic (exact) mass is 491 g/mol. The molecule has 188 valence electrons. The number of hydrogen-bond acceptors (Lipinski definition) is 7. The van der Waals surface area contributed by atoms with E-state index in [1.165, 1.54) is 4.57 Å². The van der Waals surface area contributed by atoms with Crippen LogP contribution in [-0.2, 0) is 17.9 Å². The van der Waals surface area contributed by atoms with Gasteiger partial charge in [-0.05, 0) is 30.3 Å². The highest BCUT2D eigenvalue weighted by molar-refractivity contribution is 5.80. The first-order valence-corrected chi connectivity index (χ1v) is 11.8. The van der Waals surface area contributed by atoms with Crippen LogP contribution in [0, 0.1) is 0 Å². The largest absolute Gasteiger partial charge is 0.493 e. The second-order valence-electron chi connectivity index (χ2n) is 8.65. The second-order valence-corrected chi connectivity index (χ2v) is 8.65. The quantitative estimate of drug-likeness (QED) is 0.391. The Morgan fingerprint density at radius 3 is 2.39 bits per heavy atom. The number of carbonyl (C=O) groups is 1. The SMILES string of the molecule is COc1ccc(CN2CCN(C(=O)Cn3c(=O)c4cccn4c4cccnc43)CC2)c(OC)c1OC. The lowest BCUT2D eigenvalue weighted by molar-refractivity contribution is -0.133. The number of methoxy groups -OCH3 is 3. The highest BCUT2D eigenvalue weighted by atomic mass is 16.5. The van der Waals surface area contributed by atoms with Crippen molar-refractivity contribution in [2.75, 3.05) is 47.5 Å². The Morgan fingerprint density at radius 1 is 0.917 bits per heavy atom. The van der Waals surface area contributed by atoms with Crippen LogP contribution in [-0.4, -0.2) is 77.2 Å². The van der Waals surface area contributed by atoms with Crippen LogP contribution in [0.5, 0.6) is 17.2 Å². The van der Waals surface area contributed by atoms with Gasteiger partial charge in [0.25, 0.3) is 5.56 Å². The number of aromatic nitrogens is 3. The number of fused-ring (bicyclic) bond motifs is 3. The van der Waals surface area contributed by atoms with Crippen LogP contribution in [0.25, 0.3) is 16.7 Å². The molecule has 1 aliphatic rings. The highest BCUT2D eigenvalue weighted by Gasteiger charge is 2.25. The minimum atomic E-state index is -0.223. The fourth-order valence-electron chi connectivity index (χ4n) is 4.85. The summed E-state index contributed by atoms with van der Waals surface area (Å²) in [5, 5.41) is 0. The summed E-state index contributed by atoms with van der Waals surface area (Å²) in [7, 11) is 4.80. The van der Waals surface area contributed by atoms with Crippen LogP contribution in [0.4, 0.5) is 0 Å². The Kier molecular flexibility index (Phi) is 6.51. The van der Waals surface area contributed by atoms with E-state index in [0.717, 1.165) is 11.1 Å². The second kappa shape index (κ2) is 9.90. The van der Waals surface area contributed by atoms with Crippen molar-refractivity contribution in [2.45, 2.75) is 13.1 Å². The van der Waals surface area contributed by atoms with Crippen molar-refractivity contribution in [3.8, 4) is 17.2 Å². The number of amides is 1. The Bertz CT molecular complexity index is 1470. The molecule has 0 aliphatic carbocycles. The van der Waals surface area contributed by atoms with E-state index in [9.17, 15) is 9.59 Å². The van der Waals surface area contributed by atoms with E-state index in [-0.39, 0.29) is 18.0 Å². The molecule has 1 saturated heterocycles. The molecule has 0 atom stereocenters. The molecule has 1 fully saturated rings. The first kappa shape index (κ1) is 23.7. The van der Waals surface area contributed by atoms with Crippen LogP contribution in [0.1, 0.15) is 5.56 Å². The third kappa shape index (κ3) is 4.13. The Morgan fingerprint density at radius 2 is 1.67 bits per heavy atom. The average molecular weight is 492 g/mol. The van der Waals surface area contributed by atoms with Crippen molar-refractivity contribution in [1.29, 1.82) is 0 Å². The summed E-state index contributed by atoms with van der Waals surface area (Å²) < 4.78 is 19.8. The third-order valence-corrected chi connectivity index (χ3v) is 6.69. The summed E-state index contributed by atoms with van der Waals surface area (Å²) in [4.78, 5) is 34.8. The average Bonchev–Trinajstić information content (AvgIpc) is 3.41. The number of pyridine rings is 1. The van der Waals surface area contributed by atoms with Gasteiger partial charge in [0.15, 0.2) is 17.1 Å². The minimum Gasteiger partial charge on any atom is -0.493 e. The van der Waals surface area contributed by atoms with Gasteiger partial charge in [0.05, 0.1) is 26.8 Å². The molecule has 36 heavy (non-hydrogen) atoms. The molecule has 4 aromatic rings. The Labute approximate surface area is 208 Å². The van der Waals surface area contributed by atoms with Gasteiger partial charge in [0.2, 0.25) is 11.7 Å². The smallest absolute Gasteiger partial charge is 0.276 e. The molecule has 4 heterocycles.